The Morgan fingerprint density at radius 3 is 1.88 bits per heavy atom. The lowest BCUT2D eigenvalue weighted by molar-refractivity contribution is -0.157. The van der Waals surface area contributed by atoms with Crippen molar-refractivity contribution in [1.29, 1.82) is 0 Å². The third kappa shape index (κ3) is 1.43. The van der Waals surface area contributed by atoms with Crippen molar-refractivity contribution in [2.45, 2.75) is 41.5 Å². The summed E-state index contributed by atoms with van der Waals surface area (Å²) in [5, 5.41) is 0. The molecule has 2 saturated carbocycles. The fourth-order valence-corrected chi connectivity index (χ4v) is 4.18. The van der Waals surface area contributed by atoms with Crippen molar-refractivity contribution < 1.29 is 9.53 Å². The Balaban J connectivity index is 2.07. The average Bonchev–Trinajstić information content (AvgIpc) is 2.81. The molecule has 92 valence electrons. The van der Waals surface area contributed by atoms with Crippen LogP contribution in [0.15, 0.2) is 0 Å². The van der Waals surface area contributed by atoms with Gasteiger partial charge in [0, 0.05) is 0 Å². The molecule has 0 heterocycles. The number of carbonyl (C=O) groups is 1. The van der Waals surface area contributed by atoms with Crippen molar-refractivity contribution in [3.63, 3.8) is 0 Å². The highest BCUT2D eigenvalue weighted by atomic mass is 35.5. The first-order chi connectivity index (χ1) is 6.97. The van der Waals surface area contributed by atoms with Crippen molar-refractivity contribution in [3.05, 3.63) is 0 Å². The smallest absolute Gasteiger partial charge is 0.310 e. The number of alkyl halides is 4. The summed E-state index contributed by atoms with van der Waals surface area (Å²) in [6.07, 6.45) is 0.488. The number of rotatable bonds is 1. The third-order valence-electron chi connectivity index (χ3n) is 3.10. The molecule has 16 heavy (non-hydrogen) atoms. The summed E-state index contributed by atoms with van der Waals surface area (Å²) in [7, 11) is 0. The molecule has 0 aromatic carbocycles. The van der Waals surface area contributed by atoms with E-state index in [1.807, 2.05) is 0 Å². The highest BCUT2D eigenvalue weighted by molar-refractivity contribution is 6.69. The topological polar surface area (TPSA) is 26.3 Å². The number of hydrogen-bond acceptors (Lipinski definition) is 2. The number of hydrogen-bond donors (Lipinski definition) is 0. The zero-order chi connectivity index (χ0) is 12.6. The van der Waals surface area contributed by atoms with Crippen LogP contribution in [0.5, 0.6) is 0 Å². The second kappa shape index (κ2) is 3.14. The molecule has 0 radical (unpaired) electrons. The molecule has 0 N–H and O–H groups in total. The van der Waals surface area contributed by atoms with E-state index < -0.39 is 25.6 Å². The fraction of sp³-hybridized carbons (Fsp3) is 0.900. The average molecular weight is 306 g/mol. The van der Waals surface area contributed by atoms with E-state index in [0.29, 0.717) is 6.42 Å². The van der Waals surface area contributed by atoms with E-state index >= 15 is 0 Å². The van der Waals surface area contributed by atoms with Crippen molar-refractivity contribution in [1.82, 2.24) is 0 Å². The maximum Gasteiger partial charge on any atom is 0.310 e. The quantitative estimate of drug-likeness (QED) is 0.545. The number of ether oxygens (including phenoxy) is 1. The molecule has 1 spiro atoms. The minimum Gasteiger partial charge on any atom is -0.460 e. The van der Waals surface area contributed by atoms with Gasteiger partial charge in [-0.2, -0.15) is 0 Å². The molecule has 6 heteroatoms. The Hall–Kier alpha value is 0.630. The maximum atomic E-state index is 11.8. The first-order valence-electron chi connectivity index (χ1n) is 4.96. The second-order valence-electron chi connectivity index (χ2n) is 5.41. The largest absolute Gasteiger partial charge is 0.460 e. The molecule has 2 aliphatic rings. The zero-order valence-corrected chi connectivity index (χ0v) is 12.1. The third-order valence-corrected chi connectivity index (χ3v) is 5.97. The monoisotopic (exact) mass is 304 g/mol. The standard InChI is InChI=1S/C10H12Cl4O2/c1-7(2,3)16-6(15)5-4-8(5)9(11,12)10(8,13)14/h5H,4H2,1-3H3/t5-/m0/s1. The summed E-state index contributed by atoms with van der Waals surface area (Å²) < 4.78 is 2.76. The van der Waals surface area contributed by atoms with Crippen LogP contribution in [0.3, 0.4) is 0 Å². The first kappa shape index (κ1) is 13.1. The molecule has 0 aliphatic heterocycles. The SMILES string of the molecule is CC(C)(C)OC(=O)[C@@H]1CC12C(Cl)(Cl)C2(Cl)Cl. The van der Waals surface area contributed by atoms with Crippen molar-refractivity contribution in [2.75, 3.05) is 0 Å². The molecule has 2 nitrogen and oxygen atoms in total. The van der Waals surface area contributed by atoms with Gasteiger partial charge in [0.05, 0.1) is 11.3 Å². The van der Waals surface area contributed by atoms with Gasteiger partial charge in [0.2, 0.25) is 0 Å². The van der Waals surface area contributed by atoms with E-state index in [9.17, 15) is 4.79 Å². The van der Waals surface area contributed by atoms with Crippen LogP contribution in [-0.2, 0) is 9.53 Å². The predicted molar refractivity (Wildman–Crippen MR) is 65.3 cm³/mol. The van der Waals surface area contributed by atoms with Crippen molar-refractivity contribution in [2.24, 2.45) is 11.3 Å². The summed E-state index contributed by atoms with van der Waals surface area (Å²) in [5.41, 5.74) is -1.24. The van der Waals surface area contributed by atoms with Crippen molar-refractivity contribution in [3.8, 4) is 0 Å². The molecule has 0 bridgehead atoms. The summed E-state index contributed by atoms with van der Waals surface area (Å²) in [5.74, 6) is -0.724. The molecule has 0 aromatic rings. The van der Waals surface area contributed by atoms with Gasteiger partial charge in [0.1, 0.15) is 5.60 Å². The molecule has 2 fully saturated rings. The highest BCUT2D eigenvalue weighted by Gasteiger charge is 2.97. The molecule has 2 aliphatic carbocycles. The zero-order valence-electron chi connectivity index (χ0n) is 9.11. The summed E-state index contributed by atoms with van der Waals surface area (Å²) in [6, 6.07) is 0. The summed E-state index contributed by atoms with van der Waals surface area (Å²) >= 11 is 24.0. The second-order valence-corrected chi connectivity index (χ2v) is 8.07. The van der Waals surface area contributed by atoms with Crippen LogP contribution in [0.4, 0.5) is 0 Å². The van der Waals surface area contributed by atoms with Gasteiger partial charge in [0.15, 0.2) is 8.67 Å². The molecular weight excluding hydrogens is 294 g/mol. The lowest BCUT2D eigenvalue weighted by Crippen LogP contribution is -2.25. The van der Waals surface area contributed by atoms with Crippen LogP contribution in [0, 0.1) is 11.3 Å². The van der Waals surface area contributed by atoms with Crippen LogP contribution >= 0.6 is 46.4 Å². The molecule has 0 aromatic heterocycles. The fourth-order valence-electron chi connectivity index (χ4n) is 2.10. The highest BCUT2D eigenvalue weighted by Crippen LogP contribution is 2.90. The van der Waals surface area contributed by atoms with Gasteiger partial charge < -0.3 is 4.74 Å². The van der Waals surface area contributed by atoms with Crippen LogP contribution in [0.1, 0.15) is 27.2 Å². The molecule has 2 rings (SSSR count). The molecule has 1 atom stereocenters. The Kier molecular flexibility index (Phi) is 2.57. The van der Waals surface area contributed by atoms with Gasteiger partial charge in [-0.05, 0) is 27.2 Å². The van der Waals surface area contributed by atoms with E-state index in [1.54, 1.807) is 20.8 Å². The number of halogens is 4. The summed E-state index contributed by atoms with van der Waals surface area (Å²) in [4.78, 5) is 11.8. The van der Waals surface area contributed by atoms with E-state index in [1.165, 1.54) is 0 Å². The van der Waals surface area contributed by atoms with Gasteiger partial charge in [-0.1, -0.05) is 46.4 Å². The van der Waals surface area contributed by atoms with E-state index in [-0.39, 0.29) is 5.97 Å². The molecule has 0 amide bonds. The Morgan fingerprint density at radius 1 is 1.19 bits per heavy atom. The van der Waals surface area contributed by atoms with Crippen LogP contribution < -0.4 is 0 Å². The minimum absolute atomic E-state index is 0.332. The Labute approximate surface area is 115 Å². The Morgan fingerprint density at radius 2 is 1.62 bits per heavy atom. The Bertz CT molecular complexity index is 342. The van der Waals surface area contributed by atoms with Crippen LogP contribution in [-0.4, -0.2) is 20.2 Å². The first-order valence-corrected chi connectivity index (χ1v) is 6.47. The molecule has 0 saturated heterocycles. The lowest BCUT2D eigenvalue weighted by Gasteiger charge is -2.19. The predicted octanol–water partition coefficient (Wildman–Crippen LogP) is 3.70. The molecular formula is C10H12Cl4O2. The lowest BCUT2D eigenvalue weighted by atomic mass is 10.2. The van der Waals surface area contributed by atoms with Gasteiger partial charge in [0.25, 0.3) is 0 Å². The van der Waals surface area contributed by atoms with Crippen LogP contribution in [0.2, 0.25) is 0 Å². The van der Waals surface area contributed by atoms with Gasteiger partial charge in [-0.15, -0.1) is 0 Å². The summed E-state index contributed by atoms with van der Waals surface area (Å²) in [6.45, 7) is 5.41. The maximum absolute atomic E-state index is 11.8. The van der Waals surface area contributed by atoms with E-state index in [4.69, 9.17) is 51.1 Å². The number of esters is 1. The van der Waals surface area contributed by atoms with Gasteiger partial charge in [-0.25, -0.2) is 0 Å². The molecule has 0 unspecified atom stereocenters. The van der Waals surface area contributed by atoms with Crippen LogP contribution in [0.25, 0.3) is 0 Å². The minimum atomic E-state index is -1.25. The van der Waals surface area contributed by atoms with Crippen molar-refractivity contribution >= 4 is 52.4 Å². The van der Waals surface area contributed by atoms with Gasteiger partial charge >= 0.3 is 5.97 Å². The van der Waals surface area contributed by atoms with E-state index in [2.05, 4.69) is 0 Å². The van der Waals surface area contributed by atoms with E-state index in [0.717, 1.165) is 0 Å². The number of carbonyl (C=O) groups excluding carboxylic acids is 1. The van der Waals surface area contributed by atoms with Gasteiger partial charge in [-0.3, -0.25) is 4.79 Å². The normalized spacial score (nSPS) is 32.3.